The summed E-state index contributed by atoms with van der Waals surface area (Å²) in [6.45, 7) is 8.15. The van der Waals surface area contributed by atoms with Crippen molar-refractivity contribution in [1.29, 1.82) is 0 Å². The van der Waals surface area contributed by atoms with Crippen LogP contribution < -0.4 is 5.32 Å². The summed E-state index contributed by atoms with van der Waals surface area (Å²) in [6.07, 6.45) is 6.12. The van der Waals surface area contributed by atoms with Gasteiger partial charge in [-0.3, -0.25) is 9.48 Å². The lowest BCUT2D eigenvalue weighted by Crippen LogP contribution is -2.41. The molecule has 2 atom stereocenters. The molecule has 1 saturated heterocycles. The Labute approximate surface area is 115 Å². The Kier molecular flexibility index (Phi) is 4.96. The van der Waals surface area contributed by atoms with Gasteiger partial charge in [0.1, 0.15) is 6.04 Å². The summed E-state index contributed by atoms with van der Waals surface area (Å²) >= 11 is 0. The van der Waals surface area contributed by atoms with Crippen molar-refractivity contribution in [3.05, 3.63) is 18.5 Å². The second kappa shape index (κ2) is 6.70. The van der Waals surface area contributed by atoms with Gasteiger partial charge in [-0.1, -0.05) is 6.92 Å². The van der Waals surface area contributed by atoms with E-state index in [0.29, 0.717) is 0 Å². The number of aromatic nitrogens is 2. The number of nitrogens with one attached hydrogen (secondary N) is 1. The molecule has 0 radical (unpaired) electrons. The summed E-state index contributed by atoms with van der Waals surface area (Å²) in [4.78, 5) is 14.4. The van der Waals surface area contributed by atoms with Gasteiger partial charge in [0.15, 0.2) is 0 Å². The molecule has 2 rings (SSSR count). The third-order valence-electron chi connectivity index (χ3n) is 3.77. The number of hydrogen-bond donors (Lipinski definition) is 1. The number of piperidine rings is 1. The molecule has 5 heteroatoms. The lowest BCUT2D eigenvalue weighted by molar-refractivity contribution is -0.124. The van der Waals surface area contributed by atoms with E-state index in [1.807, 2.05) is 19.2 Å². The number of nitrogens with zero attached hydrogens (tertiary/aromatic N) is 3. The monoisotopic (exact) mass is 264 g/mol. The van der Waals surface area contributed by atoms with E-state index in [9.17, 15) is 4.79 Å². The first-order chi connectivity index (χ1) is 9.16. The van der Waals surface area contributed by atoms with Crippen LogP contribution in [0, 0.1) is 5.92 Å². The Morgan fingerprint density at radius 3 is 3.11 bits per heavy atom. The minimum Gasteiger partial charge on any atom is -0.353 e. The maximum Gasteiger partial charge on any atom is 0.244 e. The lowest BCUT2D eigenvalue weighted by Gasteiger charge is -2.30. The Bertz CT molecular complexity index is 390. The van der Waals surface area contributed by atoms with Crippen LogP contribution in [0.5, 0.6) is 0 Å². The number of likely N-dealkylation sites (tertiary alicyclic amines) is 1. The van der Waals surface area contributed by atoms with E-state index in [-0.39, 0.29) is 11.9 Å². The molecule has 0 spiro atoms. The summed E-state index contributed by atoms with van der Waals surface area (Å²) in [6, 6.07) is 1.59. The number of hydrogen-bond acceptors (Lipinski definition) is 3. The highest BCUT2D eigenvalue weighted by Crippen LogP contribution is 2.14. The highest BCUT2D eigenvalue weighted by Gasteiger charge is 2.17. The van der Waals surface area contributed by atoms with Crippen LogP contribution in [0.4, 0.5) is 0 Å². The van der Waals surface area contributed by atoms with Crippen LogP contribution in [0.15, 0.2) is 18.5 Å². The molecule has 1 aromatic rings. The second-order valence-corrected chi connectivity index (χ2v) is 5.50. The van der Waals surface area contributed by atoms with Crippen LogP contribution in [0.3, 0.4) is 0 Å². The first kappa shape index (κ1) is 14.1. The molecule has 0 aliphatic carbocycles. The highest BCUT2D eigenvalue weighted by atomic mass is 16.2. The van der Waals surface area contributed by atoms with Crippen LogP contribution in [0.2, 0.25) is 0 Å². The van der Waals surface area contributed by atoms with Crippen molar-refractivity contribution < 1.29 is 4.79 Å². The summed E-state index contributed by atoms with van der Waals surface area (Å²) < 4.78 is 1.68. The Morgan fingerprint density at radius 2 is 2.42 bits per heavy atom. The number of rotatable bonds is 5. The molecule has 1 fully saturated rings. The van der Waals surface area contributed by atoms with Gasteiger partial charge in [-0.05, 0) is 38.3 Å². The molecule has 2 heterocycles. The van der Waals surface area contributed by atoms with Gasteiger partial charge in [-0.25, -0.2) is 0 Å². The summed E-state index contributed by atoms with van der Waals surface area (Å²) in [5.74, 6) is 0.821. The van der Waals surface area contributed by atoms with E-state index in [2.05, 4.69) is 22.2 Å². The van der Waals surface area contributed by atoms with Crippen molar-refractivity contribution in [2.24, 2.45) is 5.92 Å². The molecule has 1 N–H and O–H groups in total. The maximum absolute atomic E-state index is 12.0. The van der Waals surface area contributed by atoms with Crippen LogP contribution in [-0.2, 0) is 4.79 Å². The molecule has 106 valence electrons. The summed E-state index contributed by atoms with van der Waals surface area (Å²) in [5, 5.41) is 7.08. The minimum absolute atomic E-state index is 0.0359. The van der Waals surface area contributed by atoms with Crippen LogP contribution in [0.25, 0.3) is 0 Å². The molecule has 19 heavy (non-hydrogen) atoms. The first-order valence-electron chi connectivity index (χ1n) is 7.16. The van der Waals surface area contributed by atoms with Gasteiger partial charge in [0.25, 0.3) is 0 Å². The Morgan fingerprint density at radius 1 is 1.58 bits per heavy atom. The van der Waals surface area contributed by atoms with Gasteiger partial charge in [-0.2, -0.15) is 5.10 Å². The Hall–Kier alpha value is -1.36. The van der Waals surface area contributed by atoms with Crippen LogP contribution in [0.1, 0.15) is 32.7 Å². The average Bonchev–Trinajstić information content (AvgIpc) is 2.91. The predicted octanol–water partition coefficient (Wildman–Crippen LogP) is 1.29. The number of carbonyl (C=O) groups excluding carboxylic acids is 1. The van der Waals surface area contributed by atoms with Gasteiger partial charge in [0, 0.05) is 32.0 Å². The number of carbonyl (C=O) groups is 1. The summed E-state index contributed by atoms with van der Waals surface area (Å²) in [5.41, 5.74) is 0. The minimum atomic E-state index is -0.240. The third-order valence-corrected chi connectivity index (χ3v) is 3.77. The molecule has 0 aromatic carbocycles. The Balaban J connectivity index is 1.69. The standard InChI is InChI=1S/C14H24N4O/c1-12-5-3-8-17(11-12)10-7-15-14(19)13(2)18-9-4-6-16-18/h4,6,9,12-13H,3,5,7-8,10-11H2,1-2H3,(H,15,19)/t12-,13+/m1/s1. The van der Waals surface area contributed by atoms with Crippen molar-refractivity contribution in [2.75, 3.05) is 26.2 Å². The zero-order valence-electron chi connectivity index (χ0n) is 11.9. The zero-order valence-corrected chi connectivity index (χ0v) is 11.9. The fraction of sp³-hybridized carbons (Fsp3) is 0.714. The second-order valence-electron chi connectivity index (χ2n) is 5.50. The molecule has 1 aliphatic rings. The van der Waals surface area contributed by atoms with Crippen LogP contribution >= 0.6 is 0 Å². The van der Waals surface area contributed by atoms with Gasteiger partial charge >= 0.3 is 0 Å². The normalized spacial score (nSPS) is 22.1. The van der Waals surface area contributed by atoms with Gasteiger partial charge in [0.2, 0.25) is 5.91 Å². The fourth-order valence-electron chi connectivity index (χ4n) is 2.60. The molecule has 0 bridgehead atoms. The van der Waals surface area contributed by atoms with Crippen LogP contribution in [-0.4, -0.2) is 46.8 Å². The van der Waals surface area contributed by atoms with E-state index in [1.54, 1.807) is 10.9 Å². The molecule has 1 aliphatic heterocycles. The van der Waals surface area contributed by atoms with E-state index < -0.39 is 0 Å². The topological polar surface area (TPSA) is 50.2 Å². The smallest absolute Gasteiger partial charge is 0.244 e. The molecular formula is C14H24N4O. The first-order valence-corrected chi connectivity index (χ1v) is 7.16. The average molecular weight is 264 g/mol. The third kappa shape index (κ3) is 4.06. The van der Waals surface area contributed by atoms with Crippen molar-refractivity contribution in [3.8, 4) is 0 Å². The quantitative estimate of drug-likeness (QED) is 0.872. The van der Waals surface area contributed by atoms with Gasteiger partial charge < -0.3 is 10.2 Å². The highest BCUT2D eigenvalue weighted by molar-refractivity contribution is 5.79. The largest absolute Gasteiger partial charge is 0.353 e. The molecule has 1 amide bonds. The maximum atomic E-state index is 12.0. The summed E-state index contributed by atoms with van der Waals surface area (Å²) in [7, 11) is 0. The van der Waals surface area contributed by atoms with Crippen molar-refractivity contribution in [1.82, 2.24) is 20.0 Å². The van der Waals surface area contributed by atoms with Crippen molar-refractivity contribution >= 4 is 5.91 Å². The predicted molar refractivity (Wildman–Crippen MR) is 74.8 cm³/mol. The molecular weight excluding hydrogens is 240 g/mol. The zero-order chi connectivity index (χ0) is 13.7. The lowest BCUT2D eigenvalue weighted by atomic mass is 10.0. The van der Waals surface area contributed by atoms with Crippen molar-refractivity contribution in [3.63, 3.8) is 0 Å². The van der Waals surface area contributed by atoms with E-state index in [0.717, 1.165) is 32.1 Å². The molecule has 5 nitrogen and oxygen atoms in total. The van der Waals surface area contributed by atoms with Gasteiger partial charge in [0.05, 0.1) is 0 Å². The van der Waals surface area contributed by atoms with Gasteiger partial charge in [-0.15, -0.1) is 0 Å². The molecule has 0 unspecified atom stereocenters. The molecule has 0 saturated carbocycles. The van der Waals surface area contributed by atoms with E-state index >= 15 is 0 Å². The SMILES string of the molecule is C[C@@H]1CCCN(CCNC(=O)[C@H](C)n2cccn2)C1. The van der Waals surface area contributed by atoms with E-state index in [4.69, 9.17) is 0 Å². The number of amides is 1. The molecule has 1 aromatic heterocycles. The van der Waals surface area contributed by atoms with E-state index in [1.165, 1.54) is 12.8 Å². The fourth-order valence-corrected chi connectivity index (χ4v) is 2.60. The van der Waals surface area contributed by atoms with Crippen molar-refractivity contribution in [2.45, 2.75) is 32.7 Å².